The molecule has 3 rings (SSSR count). The SMILES string of the molecule is CC(Cc1ccc(C(F)(F)F)cc1)NC(=O)NCc1ncc(-c2ccccc2)o1. The average Bonchev–Trinajstić information content (AvgIpc) is 3.16. The maximum atomic E-state index is 12.6. The van der Waals surface area contributed by atoms with Gasteiger partial charge in [0.15, 0.2) is 5.76 Å². The number of halogens is 3. The molecule has 0 saturated heterocycles. The van der Waals surface area contributed by atoms with Crippen molar-refractivity contribution in [1.29, 1.82) is 0 Å². The number of hydrogen-bond donors (Lipinski definition) is 2. The van der Waals surface area contributed by atoms with Gasteiger partial charge in [0.1, 0.15) is 0 Å². The van der Waals surface area contributed by atoms with Crippen molar-refractivity contribution in [2.45, 2.75) is 32.1 Å². The van der Waals surface area contributed by atoms with Crippen LogP contribution in [-0.4, -0.2) is 17.1 Å². The molecule has 0 aliphatic rings. The van der Waals surface area contributed by atoms with Crippen LogP contribution in [-0.2, 0) is 19.1 Å². The van der Waals surface area contributed by atoms with Crippen molar-refractivity contribution in [1.82, 2.24) is 15.6 Å². The third-order valence-electron chi connectivity index (χ3n) is 4.21. The van der Waals surface area contributed by atoms with Crippen LogP contribution in [0.1, 0.15) is 23.9 Å². The van der Waals surface area contributed by atoms with Gasteiger partial charge >= 0.3 is 12.2 Å². The molecule has 0 radical (unpaired) electrons. The van der Waals surface area contributed by atoms with E-state index < -0.39 is 17.8 Å². The van der Waals surface area contributed by atoms with Gasteiger partial charge in [0.25, 0.3) is 0 Å². The smallest absolute Gasteiger partial charge is 0.416 e. The van der Waals surface area contributed by atoms with Crippen LogP contribution in [0.3, 0.4) is 0 Å². The van der Waals surface area contributed by atoms with Crippen LogP contribution in [0.15, 0.2) is 65.2 Å². The highest BCUT2D eigenvalue weighted by molar-refractivity contribution is 5.74. The number of amides is 2. The second-order valence-corrected chi connectivity index (χ2v) is 6.61. The molecular weight excluding hydrogens is 383 g/mol. The van der Waals surface area contributed by atoms with Gasteiger partial charge in [0.05, 0.1) is 18.3 Å². The zero-order valence-electron chi connectivity index (χ0n) is 15.7. The van der Waals surface area contributed by atoms with E-state index in [1.165, 1.54) is 12.1 Å². The molecule has 1 unspecified atom stereocenters. The Kier molecular flexibility index (Phi) is 6.21. The normalized spacial score (nSPS) is 12.4. The fraction of sp³-hybridized carbons (Fsp3) is 0.238. The van der Waals surface area contributed by atoms with Crippen molar-refractivity contribution in [3.63, 3.8) is 0 Å². The van der Waals surface area contributed by atoms with Crippen LogP contribution in [0.25, 0.3) is 11.3 Å². The number of benzene rings is 2. The Bertz CT molecular complexity index is 938. The summed E-state index contributed by atoms with van der Waals surface area (Å²) in [7, 11) is 0. The lowest BCUT2D eigenvalue weighted by molar-refractivity contribution is -0.137. The monoisotopic (exact) mass is 403 g/mol. The molecule has 1 atom stereocenters. The lowest BCUT2D eigenvalue weighted by Gasteiger charge is -2.15. The van der Waals surface area contributed by atoms with Gasteiger partial charge in [-0.25, -0.2) is 9.78 Å². The van der Waals surface area contributed by atoms with E-state index in [0.29, 0.717) is 23.6 Å². The van der Waals surface area contributed by atoms with Crippen LogP contribution in [0.4, 0.5) is 18.0 Å². The number of hydrogen-bond acceptors (Lipinski definition) is 3. The number of urea groups is 1. The Hall–Kier alpha value is -3.29. The molecule has 2 N–H and O–H groups in total. The van der Waals surface area contributed by atoms with E-state index in [-0.39, 0.29) is 12.6 Å². The van der Waals surface area contributed by atoms with Crippen LogP contribution in [0.5, 0.6) is 0 Å². The van der Waals surface area contributed by atoms with E-state index in [1.54, 1.807) is 13.1 Å². The van der Waals surface area contributed by atoms with Crippen molar-refractivity contribution in [2.75, 3.05) is 0 Å². The molecule has 152 valence electrons. The van der Waals surface area contributed by atoms with Crippen molar-refractivity contribution in [2.24, 2.45) is 0 Å². The molecule has 8 heteroatoms. The predicted octanol–water partition coefficient (Wildman–Crippen LogP) is 4.79. The van der Waals surface area contributed by atoms with Gasteiger partial charge in [-0.2, -0.15) is 13.2 Å². The van der Waals surface area contributed by atoms with Crippen LogP contribution >= 0.6 is 0 Å². The highest BCUT2D eigenvalue weighted by atomic mass is 19.4. The van der Waals surface area contributed by atoms with Gasteiger partial charge in [0, 0.05) is 11.6 Å². The van der Waals surface area contributed by atoms with Crippen molar-refractivity contribution in [3.05, 3.63) is 77.8 Å². The predicted molar refractivity (Wildman–Crippen MR) is 102 cm³/mol. The molecular formula is C21H20F3N3O2. The van der Waals surface area contributed by atoms with Gasteiger partial charge in [-0.3, -0.25) is 0 Å². The minimum absolute atomic E-state index is 0.117. The molecule has 5 nitrogen and oxygen atoms in total. The molecule has 2 amide bonds. The highest BCUT2D eigenvalue weighted by Gasteiger charge is 2.29. The van der Waals surface area contributed by atoms with Crippen LogP contribution in [0, 0.1) is 0 Å². The van der Waals surface area contributed by atoms with Crippen molar-refractivity contribution >= 4 is 6.03 Å². The van der Waals surface area contributed by atoms with Gasteiger partial charge < -0.3 is 15.1 Å². The van der Waals surface area contributed by atoms with Gasteiger partial charge in [-0.05, 0) is 31.0 Å². The number of carbonyl (C=O) groups is 1. The summed E-state index contributed by atoms with van der Waals surface area (Å²) in [6.07, 6.45) is -2.36. The lowest BCUT2D eigenvalue weighted by Crippen LogP contribution is -2.41. The Morgan fingerprint density at radius 1 is 1.10 bits per heavy atom. The summed E-state index contributed by atoms with van der Waals surface area (Å²) in [5.41, 5.74) is 0.896. The molecule has 0 spiro atoms. The first kappa shape index (κ1) is 20.4. The summed E-state index contributed by atoms with van der Waals surface area (Å²) < 4.78 is 43.4. The summed E-state index contributed by atoms with van der Waals surface area (Å²) in [6, 6.07) is 13.7. The zero-order valence-corrected chi connectivity index (χ0v) is 15.7. The fourth-order valence-electron chi connectivity index (χ4n) is 2.79. The minimum atomic E-state index is -4.36. The largest absolute Gasteiger partial charge is 0.439 e. The minimum Gasteiger partial charge on any atom is -0.439 e. The number of rotatable bonds is 6. The van der Waals surface area contributed by atoms with Gasteiger partial charge in [-0.1, -0.05) is 42.5 Å². The Labute approximate surface area is 166 Å². The highest BCUT2D eigenvalue weighted by Crippen LogP contribution is 2.29. The molecule has 1 heterocycles. The standard InChI is InChI=1S/C21H20F3N3O2/c1-14(11-15-7-9-17(10-8-15)21(22,23)24)27-20(28)26-13-19-25-12-18(29-19)16-5-3-2-4-6-16/h2-10,12,14H,11,13H2,1H3,(H2,26,27,28). The fourth-order valence-corrected chi connectivity index (χ4v) is 2.79. The molecule has 2 aromatic carbocycles. The zero-order chi connectivity index (χ0) is 20.9. The lowest BCUT2D eigenvalue weighted by atomic mass is 10.1. The molecule has 0 saturated carbocycles. The number of aromatic nitrogens is 1. The average molecular weight is 403 g/mol. The number of oxazole rings is 1. The first-order chi connectivity index (χ1) is 13.8. The molecule has 0 fully saturated rings. The topological polar surface area (TPSA) is 67.2 Å². The number of nitrogens with one attached hydrogen (secondary N) is 2. The Morgan fingerprint density at radius 2 is 1.79 bits per heavy atom. The van der Waals surface area contributed by atoms with E-state index in [0.717, 1.165) is 17.7 Å². The van der Waals surface area contributed by atoms with E-state index in [4.69, 9.17) is 4.42 Å². The summed E-state index contributed by atoms with van der Waals surface area (Å²) in [4.78, 5) is 16.2. The van der Waals surface area contributed by atoms with Crippen LogP contribution < -0.4 is 10.6 Å². The second kappa shape index (κ2) is 8.81. The number of carbonyl (C=O) groups excluding carboxylic acids is 1. The van der Waals surface area contributed by atoms with Crippen molar-refractivity contribution in [3.8, 4) is 11.3 Å². The van der Waals surface area contributed by atoms with Gasteiger partial charge in [0.2, 0.25) is 5.89 Å². The maximum absolute atomic E-state index is 12.6. The van der Waals surface area contributed by atoms with Crippen molar-refractivity contribution < 1.29 is 22.4 Å². The van der Waals surface area contributed by atoms with Gasteiger partial charge in [-0.15, -0.1) is 0 Å². The maximum Gasteiger partial charge on any atom is 0.416 e. The van der Waals surface area contributed by atoms with E-state index in [9.17, 15) is 18.0 Å². The molecule has 0 aliphatic heterocycles. The number of nitrogens with zero attached hydrogens (tertiary/aromatic N) is 1. The number of alkyl halides is 3. The molecule has 0 aliphatic carbocycles. The third kappa shape index (κ3) is 5.84. The summed E-state index contributed by atoms with van der Waals surface area (Å²) in [5, 5.41) is 5.39. The molecule has 1 aromatic heterocycles. The quantitative estimate of drug-likeness (QED) is 0.622. The molecule has 3 aromatic rings. The first-order valence-electron chi connectivity index (χ1n) is 9.02. The molecule has 29 heavy (non-hydrogen) atoms. The van der Waals surface area contributed by atoms with E-state index in [1.807, 2.05) is 30.3 Å². The van der Waals surface area contributed by atoms with Crippen LogP contribution in [0.2, 0.25) is 0 Å². The first-order valence-corrected chi connectivity index (χ1v) is 9.02. The second-order valence-electron chi connectivity index (χ2n) is 6.61. The summed E-state index contributed by atoms with van der Waals surface area (Å²) in [6.45, 7) is 1.89. The summed E-state index contributed by atoms with van der Waals surface area (Å²) in [5.74, 6) is 0.980. The molecule has 0 bridgehead atoms. The summed E-state index contributed by atoms with van der Waals surface area (Å²) >= 11 is 0. The Balaban J connectivity index is 1.46. The van der Waals surface area contributed by atoms with E-state index in [2.05, 4.69) is 15.6 Å². The Morgan fingerprint density at radius 3 is 2.45 bits per heavy atom. The van der Waals surface area contributed by atoms with E-state index >= 15 is 0 Å². The third-order valence-corrected chi connectivity index (χ3v) is 4.21.